The zero-order valence-corrected chi connectivity index (χ0v) is 8.40. The summed E-state index contributed by atoms with van der Waals surface area (Å²) in [5.74, 6) is 0.808. The first-order valence-electron chi connectivity index (χ1n) is 4.08. The first-order valence-corrected chi connectivity index (χ1v) is 4.96. The molecule has 0 saturated heterocycles. The molecule has 0 unspecified atom stereocenters. The van der Waals surface area contributed by atoms with Crippen LogP contribution in [-0.2, 0) is 0 Å². The highest BCUT2D eigenvalue weighted by atomic mass is 32.1. The molecule has 2 heterocycles. The second kappa shape index (κ2) is 3.22. The van der Waals surface area contributed by atoms with Crippen molar-refractivity contribution in [1.82, 2.24) is 9.97 Å². The third kappa shape index (κ3) is 1.45. The Balaban J connectivity index is 2.41. The molecule has 2 N–H and O–H groups in total. The Morgan fingerprint density at radius 2 is 2.38 bits per heavy atom. The largest absolute Gasteiger partial charge is 0.359 e. The highest BCUT2D eigenvalue weighted by Crippen LogP contribution is 2.27. The van der Waals surface area contributed by atoms with Gasteiger partial charge in [-0.2, -0.15) is 0 Å². The zero-order valence-electron chi connectivity index (χ0n) is 7.59. The van der Waals surface area contributed by atoms with E-state index in [0.717, 1.165) is 11.6 Å². The lowest BCUT2D eigenvalue weighted by molar-refractivity contribution is 1.26. The first kappa shape index (κ1) is 8.31. The lowest BCUT2D eigenvalue weighted by Gasteiger charge is -1.94. The van der Waals surface area contributed by atoms with E-state index in [1.54, 1.807) is 11.3 Å². The van der Waals surface area contributed by atoms with Crippen molar-refractivity contribution in [3.63, 3.8) is 0 Å². The fourth-order valence-corrected chi connectivity index (χ4v) is 2.11. The molecule has 0 fully saturated rings. The normalized spacial score (nSPS) is 10.3. The van der Waals surface area contributed by atoms with E-state index in [2.05, 4.69) is 33.7 Å². The smallest absolute Gasteiger partial charge is 0.200 e. The quantitative estimate of drug-likeness (QED) is 0.769. The molecule has 0 spiro atoms. The highest BCUT2D eigenvalue weighted by molar-refractivity contribution is 7.13. The fourth-order valence-electron chi connectivity index (χ4n) is 1.21. The Labute approximate surface area is 80.8 Å². The van der Waals surface area contributed by atoms with Gasteiger partial charge in [-0.05, 0) is 23.9 Å². The maximum absolute atomic E-state index is 4.17. The van der Waals surface area contributed by atoms with Crippen LogP contribution in [0.25, 0.3) is 10.6 Å². The van der Waals surface area contributed by atoms with E-state index < -0.39 is 0 Å². The van der Waals surface area contributed by atoms with E-state index in [-0.39, 0.29) is 0 Å². The van der Waals surface area contributed by atoms with Crippen LogP contribution in [0.2, 0.25) is 0 Å². The minimum absolute atomic E-state index is 0.808. The maximum atomic E-state index is 4.17. The molecule has 68 valence electrons. The van der Waals surface area contributed by atoms with Gasteiger partial charge >= 0.3 is 0 Å². The van der Waals surface area contributed by atoms with E-state index in [0.29, 0.717) is 0 Å². The number of aryl methyl sites for hydroxylation is 1. The molecular formula is C9H11N3S. The van der Waals surface area contributed by atoms with E-state index in [4.69, 9.17) is 0 Å². The molecule has 0 saturated carbocycles. The van der Waals surface area contributed by atoms with Crippen LogP contribution < -0.4 is 5.32 Å². The highest BCUT2D eigenvalue weighted by Gasteiger charge is 2.05. The molecule has 13 heavy (non-hydrogen) atoms. The van der Waals surface area contributed by atoms with Crippen LogP contribution >= 0.6 is 11.3 Å². The topological polar surface area (TPSA) is 40.7 Å². The molecule has 0 aliphatic rings. The zero-order chi connectivity index (χ0) is 9.26. The second-order valence-electron chi connectivity index (χ2n) is 2.83. The fraction of sp³-hybridized carbons (Fsp3) is 0.222. The van der Waals surface area contributed by atoms with Gasteiger partial charge in [-0.3, -0.25) is 0 Å². The van der Waals surface area contributed by atoms with E-state index >= 15 is 0 Å². The first-order chi connectivity index (χ1) is 6.31. The molecule has 2 rings (SSSR count). The molecular weight excluding hydrogens is 182 g/mol. The summed E-state index contributed by atoms with van der Waals surface area (Å²) in [6, 6.07) is 2.11. The van der Waals surface area contributed by atoms with Gasteiger partial charge in [0.1, 0.15) is 0 Å². The predicted molar refractivity (Wildman–Crippen MR) is 56.2 cm³/mol. The summed E-state index contributed by atoms with van der Waals surface area (Å²) in [4.78, 5) is 8.62. The van der Waals surface area contributed by atoms with Crippen LogP contribution in [0, 0.1) is 6.92 Å². The van der Waals surface area contributed by atoms with Crippen molar-refractivity contribution >= 4 is 17.3 Å². The molecule has 0 aromatic carbocycles. The van der Waals surface area contributed by atoms with Crippen molar-refractivity contribution in [3.05, 3.63) is 23.2 Å². The number of imidazole rings is 1. The van der Waals surface area contributed by atoms with Crippen LogP contribution in [0.1, 0.15) is 5.56 Å². The number of anilines is 1. The Kier molecular flexibility index (Phi) is 2.06. The van der Waals surface area contributed by atoms with Gasteiger partial charge in [0.05, 0.1) is 16.8 Å². The summed E-state index contributed by atoms with van der Waals surface area (Å²) in [7, 11) is 1.85. The molecule has 0 aliphatic carbocycles. The Hall–Kier alpha value is -1.29. The molecule has 0 amide bonds. The van der Waals surface area contributed by atoms with Crippen LogP contribution in [-0.4, -0.2) is 17.0 Å². The van der Waals surface area contributed by atoms with Gasteiger partial charge in [0, 0.05) is 7.05 Å². The van der Waals surface area contributed by atoms with Crippen molar-refractivity contribution in [1.29, 1.82) is 0 Å². The second-order valence-corrected chi connectivity index (χ2v) is 3.74. The number of rotatable bonds is 2. The van der Waals surface area contributed by atoms with E-state index in [1.165, 1.54) is 10.4 Å². The Morgan fingerprint density at radius 3 is 2.92 bits per heavy atom. The summed E-state index contributed by atoms with van der Waals surface area (Å²) in [6.07, 6.45) is 1.85. The third-order valence-corrected chi connectivity index (χ3v) is 2.97. The number of thiophene rings is 1. The van der Waals surface area contributed by atoms with Crippen molar-refractivity contribution in [2.75, 3.05) is 12.4 Å². The summed E-state index contributed by atoms with van der Waals surface area (Å²) >= 11 is 1.73. The minimum Gasteiger partial charge on any atom is -0.359 e. The number of aromatic nitrogens is 2. The monoisotopic (exact) mass is 193 g/mol. The van der Waals surface area contributed by atoms with Crippen LogP contribution in [0.3, 0.4) is 0 Å². The number of aromatic amines is 1. The molecule has 0 bridgehead atoms. The van der Waals surface area contributed by atoms with Gasteiger partial charge in [0.15, 0.2) is 5.95 Å². The van der Waals surface area contributed by atoms with Crippen LogP contribution in [0.5, 0.6) is 0 Å². The molecule has 0 radical (unpaired) electrons. The summed E-state index contributed by atoms with van der Waals surface area (Å²) in [5, 5.41) is 5.05. The van der Waals surface area contributed by atoms with Crippen molar-refractivity contribution in [2.24, 2.45) is 0 Å². The summed E-state index contributed by atoms with van der Waals surface area (Å²) in [6.45, 7) is 2.10. The third-order valence-electron chi connectivity index (χ3n) is 1.92. The standard InChI is InChI=1S/C9H11N3S/c1-6-3-4-13-8(6)7-5-11-9(10-2)12-7/h3-5H,1-2H3,(H2,10,11,12). The van der Waals surface area contributed by atoms with Crippen LogP contribution in [0.15, 0.2) is 17.6 Å². The summed E-state index contributed by atoms with van der Waals surface area (Å²) in [5.41, 5.74) is 2.37. The van der Waals surface area contributed by atoms with Crippen molar-refractivity contribution < 1.29 is 0 Å². The SMILES string of the molecule is CNc1ncc(-c2sccc2C)[nH]1. The van der Waals surface area contributed by atoms with Crippen molar-refractivity contribution in [2.45, 2.75) is 6.92 Å². The molecule has 0 atom stereocenters. The van der Waals surface area contributed by atoms with Gasteiger partial charge in [-0.25, -0.2) is 4.98 Å². The lowest BCUT2D eigenvalue weighted by atomic mass is 10.2. The Morgan fingerprint density at radius 1 is 1.54 bits per heavy atom. The van der Waals surface area contributed by atoms with Gasteiger partial charge in [0.2, 0.25) is 0 Å². The molecule has 4 heteroatoms. The average molecular weight is 193 g/mol. The number of hydrogen-bond donors (Lipinski definition) is 2. The number of hydrogen-bond acceptors (Lipinski definition) is 3. The molecule has 0 aliphatic heterocycles. The van der Waals surface area contributed by atoms with Crippen LogP contribution in [0.4, 0.5) is 5.95 Å². The summed E-state index contributed by atoms with van der Waals surface area (Å²) < 4.78 is 0. The number of nitrogens with one attached hydrogen (secondary N) is 2. The molecule has 2 aromatic rings. The number of nitrogens with zero attached hydrogens (tertiary/aromatic N) is 1. The molecule has 2 aromatic heterocycles. The van der Waals surface area contributed by atoms with E-state index in [1.807, 2.05) is 13.2 Å². The average Bonchev–Trinajstić information content (AvgIpc) is 2.71. The predicted octanol–water partition coefficient (Wildman–Crippen LogP) is 2.49. The minimum atomic E-state index is 0.808. The lowest BCUT2D eigenvalue weighted by Crippen LogP contribution is -1.88. The van der Waals surface area contributed by atoms with Gasteiger partial charge in [0.25, 0.3) is 0 Å². The van der Waals surface area contributed by atoms with E-state index in [9.17, 15) is 0 Å². The van der Waals surface area contributed by atoms with Crippen molar-refractivity contribution in [3.8, 4) is 10.6 Å². The number of H-pyrrole nitrogens is 1. The maximum Gasteiger partial charge on any atom is 0.200 e. The van der Waals surface area contributed by atoms with Gasteiger partial charge in [-0.15, -0.1) is 11.3 Å². The van der Waals surface area contributed by atoms with Gasteiger partial charge < -0.3 is 10.3 Å². The molecule has 3 nitrogen and oxygen atoms in total. The Bertz CT molecular complexity index is 402. The van der Waals surface area contributed by atoms with Gasteiger partial charge in [-0.1, -0.05) is 0 Å².